The Kier molecular flexibility index (Phi) is 6.01. The highest BCUT2D eigenvalue weighted by Crippen LogP contribution is 2.30. The van der Waals surface area contributed by atoms with Crippen LogP contribution in [-0.2, 0) is 10.0 Å². The van der Waals surface area contributed by atoms with E-state index in [1.54, 1.807) is 0 Å². The van der Waals surface area contributed by atoms with Crippen LogP contribution in [0.2, 0.25) is 10.0 Å². The van der Waals surface area contributed by atoms with Crippen molar-refractivity contribution in [1.82, 2.24) is 4.31 Å². The molecule has 0 spiro atoms. The van der Waals surface area contributed by atoms with Crippen LogP contribution in [0.15, 0.2) is 17.0 Å². The Morgan fingerprint density at radius 1 is 1.33 bits per heavy atom. The lowest BCUT2D eigenvalue weighted by Crippen LogP contribution is -2.30. The molecule has 0 aliphatic rings. The minimum Gasteiger partial charge on any atom is -0.478 e. The third-order valence-electron chi connectivity index (χ3n) is 2.80. The molecule has 0 amide bonds. The van der Waals surface area contributed by atoms with Crippen molar-refractivity contribution in [2.75, 3.05) is 13.6 Å². The number of hydrogen-bond acceptors (Lipinski definition) is 4. The van der Waals surface area contributed by atoms with E-state index in [-0.39, 0.29) is 33.5 Å². The highest BCUT2D eigenvalue weighted by Gasteiger charge is 2.26. The molecule has 0 aromatic heterocycles. The molecule has 0 aliphatic carbocycles. The number of aliphatic hydroxyl groups excluding tert-OH is 1. The van der Waals surface area contributed by atoms with Gasteiger partial charge >= 0.3 is 5.97 Å². The van der Waals surface area contributed by atoms with Crippen molar-refractivity contribution in [3.05, 3.63) is 27.7 Å². The standard InChI is InChI=1S/C12H15Cl2NO5S/c1-7(16)3-4-15(2)21(19,20)11-5-8(12(17)18)9(13)6-10(11)14/h5-7,16H,3-4H2,1-2H3,(H,17,18). The number of aromatic carboxylic acids is 1. The summed E-state index contributed by atoms with van der Waals surface area (Å²) in [7, 11) is -2.65. The Morgan fingerprint density at radius 3 is 2.38 bits per heavy atom. The van der Waals surface area contributed by atoms with Crippen molar-refractivity contribution in [1.29, 1.82) is 0 Å². The highest BCUT2D eigenvalue weighted by molar-refractivity contribution is 7.89. The Bertz CT molecular complexity index is 645. The van der Waals surface area contributed by atoms with Crippen LogP contribution in [0.25, 0.3) is 0 Å². The molecule has 1 aromatic carbocycles. The van der Waals surface area contributed by atoms with Crippen LogP contribution >= 0.6 is 23.2 Å². The first-order valence-corrected chi connectivity index (χ1v) is 8.13. The van der Waals surface area contributed by atoms with Gasteiger partial charge in [0.05, 0.1) is 21.7 Å². The van der Waals surface area contributed by atoms with Crippen molar-refractivity contribution in [2.45, 2.75) is 24.3 Å². The van der Waals surface area contributed by atoms with E-state index in [0.29, 0.717) is 0 Å². The monoisotopic (exact) mass is 355 g/mol. The number of carboxylic acid groups (broad SMARTS) is 1. The molecule has 1 aromatic rings. The molecule has 6 nitrogen and oxygen atoms in total. The Balaban J connectivity index is 3.25. The van der Waals surface area contributed by atoms with Gasteiger partial charge in [-0.3, -0.25) is 0 Å². The maximum Gasteiger partial charge on any atom is 0.337 e. The second-order valence-corrected chi connectivity index (χ2v) is 7.36. The third kappa shape index (κ3) is 4.31. The summed E-state index contributed by atoms with van der Waals surface area (Å²) in [5.74, 6) is -1.35. The molecule has 1 atom stereocenters. The number of carbonyl (C=O) groups is 1. The fraction of sp³-hybridized carbons (Fsp3) is 0.417. The summed E-state index contributed by atoms with van der Waals surface area (Å²) in [4.78, 5) is 10.7. The number of halogens is 2. The molecule has 118 valence electrons. The lowest BCUT2D eigenvalue weighted by atomic mass is 10.2. The van der Waals surface area contributed by atoms with E-state index in [1.165, 1.54) is 14.0 Å². The second kappa shape index (κ2) is 6.93. The molecule has 1 rings (SSSR count). The normalized spacial score (nSPS) is 13.4. The van der Waals surface area contributed by atoms with Gasteiger partial charge in [-0.1, -0.05) is 23.2 Å². The van der Waals surface area contributed by atoms with Gasteiger partial charge in [-0.2, -0.15) is 0 Å². The summed E-state index contributed by atoms with van der Waals surface area (Å²) in [6.45, 7) is 1.61. The molecule has 21 heavy (non-hydrogen) atoms. The van der Waals surface area contributed by atoms with Gasteiger partial charge in [0.1, 0.15) is 4.90 Å². The quantitative estimate of drug-likeness (QED) is 0.814. The van der Waals surface area contributed by atoms with E-state index in [2.05, 4.69) is 0 Å². The molecule has 0 radical (unpaired) electrons. The van der Waals surface area contributed by atoms with Crippen molar-refractivity contribution >= 4 is 39.2 Å². The topological polar surface area (TPSA) is 94.9 Å². The zero-order valence-electron chi connectivity index (χ0n) is 11.4. The molecule has 0 saturated heterocycles. The number of hydrogen-bond donors (Lipinski definition) is 2. The van der Waals surface area contributed by atoms with Crippen LogP contribution in [-0.4, -0.2) is 48.6 Å². The number of rotatable bonds is 6. The maximum absolute atomic E-state index is 12.4. The van der Waals surface area contributed by atoms with Crippen LogP contribution in [0.3, 0.4) is 0 Å². The van der Waals surface area contributed by atoms with Crippen LogP contribution in [0.5, 0.6) is 0 Å². The number of benzene rings is 1. The van der Waals surface area contributed by atoms with E-state index >= 15 is 0 Å². The average Bonchev–Trinajstić information content (AvgIpc) is 2.34. The van der Waals surface area contributed by atoms with Crippen LogP contribution < -0.4 is 0 Å². The van der Waals surface area contributed by atoms with Gasteiger partial charge in [0.2, 0.25) is 10.0 Å². The molecular weight excluding hydrogens is 341 g/mol. The molecular formula is C12H15Cl2NO5S. The fourth-order valence-corrected chi connectivity index (χ4v) is 3.56. The minimum absolute atomic E-state index is 0.0708. The predicted octanol–water partition coefficient (Wildman–Crippen LogP) is 2.08. The largest absolute Gasteiger partial charge is 0.478 e. The zero-order chi connectivity index (χ0) is 16.4. The maximum atomic E-state index is 12.4. The molecule has 9 heteroatoms. The lowest BCUT2D eigenvalue weighted by molar-refractivity contribution is 0.0697. The molecule has 0 heterocycles. The first-order valence-electron chi connectivity index (χ1n) is 5.94. The van der Waals surface area contributed by atoms with E-state index in [1.807, 2.05) is 0 Å². The van der Waals surface area contributed by atoms with Gasteiger partial charge in [0.15, 0.2) is 0 Å². The second-order valence-electron chi connectivity index (χ2n) is 4.53. The van der Waals surface area contributed by atoms with E-state index in [4.69, 9.17) is 28.3 Å². The van der Waals surface area contributed by atoms with E-state index in [9.17, 15) is 18.3 Å². The molecule has 0 fully saturated rings. The summed E-state index contributed by atoms with van der Waals surface area (Å²) < 4.78 is 25.8. The summed E-state index contributed by atoms with van der Waals surface area (Å²) in [6, 6.07) is 2.02. The van der Waals surface area contributed by atoms with Gasteiger partial charge in [-0.15, -0.1) is 0 Å². The molecule has 1 unspecified atom stereocenters. The van der Waals surface area contributed by atoms with Gasteiger partial charge in [0.25, 0.3) is 0 Å². The van der Waals surface area contributed by atoms with E-state index < -0.39 is 22.1 Å². The Morgan fingerprint density at radius 2 is 1.90 bits per heavy atom. The molecule has 0 bridgehead atoms. The van der Waals surface area contributed by atoms with Crippen molar-refractivity contribution in [3.8, 4) is 0 Å². The smallest absolute Gasteiger partial charge is 0.337 e. The molecule has 0 saturated carbocycles. The van der Waals surface area contributed by atoms with E-state index in [0.717, 1.165) is 16.4 Å². The third-order valence-corrected chi connectivity index (χ3v) is 5.44. The highest BCUT2D eigenvalue weighted by atomic mass is 35.5. The number of carboxylic acids is 1. The number of sulfonamides is 1. The number of aliphatic hydroxyl groups is 1. The fourth-order valence-electron chi connectivity index (χ4n) is 1.55. The van der Waals surface area contributed by atoms with Crippen LogP contribution in [0, 0.1) is 0 Å². The van der Waals surface area contributed by atoms with Crippen molar-refractivity contribution < 1.29 is 23.4 Å². The Labute approximate surface area is 132 Å². The first kappa shape index (κ1) is 18.2. The summed E-state index contributed by atoms with van der Waals surface area (Å²) in [5.41, 5.74) is -0.344. The summed E-state index contributed by atoms with van der Waals surface area (Å²) >= 11 is 11.6. The summed E-state index contributed by atoms with van der Waals surface area (Å²) in [6.07, 6.45) is -0.412. The first-order chi connectivity index (χ1) is 9.57. The van der Waals surface area contributed by atoms with Gasteiger partial charge in [-0.05, 0) is 25.5 Å². The predicted molar refractivity (Wildman–Crippen MR) is 79.5 cm³/mol. The van der Waals surface area contributed by atoms with Crippen LogP contribution in [0.1, 0.15) is 23.7 Å². The van der Waals surface area contributed by atoms with Gasteiger partial charge < -0.3 is 10.2 Å². The number of nitrogens with zero attached hydrogens (tertiary/aromatic N) is 1. The molecule has 2 N–H and O–H groups in total. The summed E-state index contributed by atoms with van der Waals surface area (Å²) in [5, 5.41) is 17.9. The minimum atomic E-state index is -3.97. The van der Waals surface area contributed by atoms with Crippen LogP contribution in [0.4, 0.5) is 0 Å². The van der Waals surface area contributed by atoms with Crippen molar-refractivity contribution in [2.24, 2.45) is 0 Å². The lowest BCUT2D eigenvalue weighted by Gasteiger charge is -2.19. The average molecular weight is 356 g/mol. The van der Waals surface area contributed by atoms with Gasteiger partial charge in [-0.25, -0.2) is 17.5 Å². The zero-order valence-corrected chi connectivity index (χ0v) is 13.7. The van der Waals surface area contributed by atoms with Gasteiger partial charge in [0, 0.05) is 13.6 Å². The van der Waals surface area contributed by atoms with Crippen molar-refractivity contribution in [3.63, 3.8) is 0 Å². The SMILES string of the molecule is CC(O)CCN(C)S(=O)(=O)c1cc(C(=O)O)c(Cl)cc1Cl. The Hall–Kier alpha value is -0.860. The molecule has 0 aliphatic heterocycles.